The molecule has 166 valence electrons. The fraction of sp³-hybridized carbons (Fsp3) is 0.167. The normalized spacial score (nSPS) is 11.1. The first-order valence-electron chi connectivity index (χ1n) is 9.87. The van der Waals surface area contributed by atoms with Crippen LogP contribution in [0.3, 0.4) is 0 Å². The molecule has 3 aromatic carbocycles. The van der Waals surface area contributed by atoms with Gasteiger partial charge in [-0.1, -0.05) is 66.2 Å². The maximum Gasteiger partial charge on any atom is 0.256 e. The first-order chi connectivity index (χ1) is 15.2. The largest absolute Gasteiger partial charge is 0.337 e. The Morgan fingerprint density at radius 2 is 1.50 bits per heavy atom. The number of amides is 2. The van der Waals surface area contributed by atoms with Crippen LogP contribution in [0.15, 0.2) is 78.9 Å². The van der Waals surface area contributed by atoms with E-state index in [0.717, 1.165) is 5.56 Å². The highest BCUT2D eigenvalue weighted by Gasteiger charge is 2.21. The van der Waals surface area contributed by atoms with Crippen LogP contribution in [0.2, 0.25) is 5.02 Å². The lowest BCUT2D eigenvalue weighted by Gasteiger charge is -2.19. The van der Waals surface area contributed by atoms with Gasteiger partial charge in [0.15, 0.2) is 9.84 Å². The topological polar surface area (TPSA) is 83.6 Å². The molecule has 1 N–H and O–H groups in total. The summed E-state index contributed by atoms with van der Waals surface area (Å²) in [5.41, 5.74) is 2.07. The van der Waals surface area contributed by atoms with Crippen LogP contribution in [0, 0.1) is 0 Å². The second-order valence-corrected chi connectivity index (χ2v) is 9.90. The highest BCUT2D eigenvalue weighted by atomic mass is 35.5. The average Bonchev–Trinajstić information content (AvgIpc) is 2.75. The third kappa shape index (κ3) is 6.67. The van der Waals surface area contributed by atoms with Crippen molar-refractivity contribution < 1.29 is 18.0 Å². The first kappa shape index (κ1) is 23.5. The van der Waals surface area contributed by atoms with Crippen LogP contribution in [0.4, 0.5) is 5.69 Å². The molecule has 0 saturated heterocycles. The number of sulfone groups is 1. The highest BCUT2D eigenvalue weighted by Crippen LogP contribution is 2.19. The molecular weight excluding hydrogens is 448 g/mol. The van der Waals surface area contributed by atoms with Crippen molar-refractivity contribution in [2.75, 3.05) is 18.1 Å². The van der Waals surface area contributed by atoms with Gasteiger partial charge in [0.05, 0.1) is 17.0 Å². The number of rotatable bonds is 8. The van der Waals surface area contributed by atoms with Crippen molar-refractivity contribution in [1.82, 2.24) is 4.90 Å². The summed E-state index contributed by atoms with van der Waals surface area (Å²) in [7, 11) is -2.04. The minimum absolute atomic E-state index is 0.268. The number of anilines is 1. The molecule has 0 unspecified atom stereocenters. The molecule has 0 aliphatic rings. The molecule has 32 heavy (non-hydrogen) atoms. The van der Waals surface area contributed by atoms with E-state index in [9.17, 15) is 18.0 Å². The van der Waals surface area contributed by atoms with Gasteiger partial charge in [-0.2, -0.15) is 0 Å². The summed E-state index contributed by atoms with van der Waals surface area (Å²) in [6.07, 6.45) is 0. The van der Waals surface area contributed by atoms with E-state index in [1.165, 1.54) is 4.90 Å². The molecule has 0 aliphatic heterocycles. The average molecular weight is 471 g/mol. The molecule has 2 amide bonds. The number of nitrogens with zero attached hydrogens (tertiary/aromatic N) is 1. The van der Waals surface area contributed by atoms with Gasteiger partial charge >= 0.3 is 0 Å². The van der Waals surface area contributed by atoms with Crippen LogP contribution in [-0.2, 0) is 26.9 Å². The van der Waals surface area contributed by atoms with E-state index in [2.05, 4.69) is 5.32 Å². The highest BCUT2D eigenvalue weighted by molar-refractivity contribution is 7.91. The number of para-hydroxylation sites is 1. The fourth-order valence-electron chi connectivity index (χ4n) is 3.18. The van der Waals surface area contributed by atoms with E-state index >= 15 is 0 Å². The van der Waals surface area contributed by atoms with Crippen LogP contribution in [0.25, 0.3) is 0 Å². The van der Waals surface area contributed by atoms with E-state index in [-0.39, 0.29) is 22.9 Å². The summed E-state index contributed by atoms with van der Waals surface area (Å²) in [6.45, 7) is 0.400. The van der Waals surface area contributed by atoms with Crippen molar-refractivity contribution in [1.29, 1.82) is 0 Å². The van der Waals surface area contributed by atoms with Crippen molar-refractivity contribution in [3.8, 4) is 0 Å². The Bertz CT molecular complexity index is 1200. The Hall–Kier alpha value is -3.16. The Morgan fingerprint density at radius 1 is 0.875 bits per heavy atom. The monoisotopic (exact) mass is 470 g/mol. The number of carbonyl (C=O) groups excluding carboxylic acids is 2. The Kier molecular flexibility index (Phi) is 7.66. The van der Waals surface area contributed by atoms with E-state index in [4.69, 9.17) is 11.6 Å². The molecule has 3 rings (SSSR count). The van der Waals surface area contributed by atoms with Crippen LogP contribution in [0.1, 0.15) is 21.5 Å². The van der Waals surface area contributed by atoms with E-state index in [1.807, 2.05) is 30.3 Å². The van der Waals surface area contributed by atoms with Gasteiger partial charge in [0.2, 0.25) is 5.91 Å². The predicted molar refractivity (Wildman–Crippen MR) is 126 cm³/mol. The molecule has 0 fully saturated rings. The Balaban J connectivity index is 1.67. The molecular formula is C24H23ClN2O4S. The quantitative estimate of drug-likeness (QED) is 0.535. The van der Waals surface area contributed by atoms with Gasteiger partial charge in [0.1, 0.15) is 5.75 Å². The number of halogens is 1. The lowest BCUT2D eigenvalue weighted by atomic mass is 10.1. The first-order valence-corrected chi connectivity index (χ1v) is 12.1. The maximum absolute atomic E-state index is 13.0. The third-order valence-electron chi connectivity index (χ3n) is 4.69. The summed E-state index contributed by atoms with van der Waals surface area (Å²) in [5, 5.41) is 3.08. The Labute approximate surface area is 192 Å². The summed E-state index contributed by atoms with van der Waals surface area (Å²) >= 11 is 5.82. The summed E-state index contributed by atoms with van der Waals surface area (Å²) in [4.78, 5) is 27.0. The molecule has 0 heterocycles. The summed E-state index contributed by atoms with van der Waals surface area (Å²) < 4.78 is 24.9. The van der Waals surface area contributed by atoms with Crippen molar-refractivity contribution in [3.05, 3.63) is 101 Å². The van der Waals surface area contributed by atoms with Gasteiger partial charge in [-0.15, -0.1) is 0 Å². The van der Waals surface area contributed by atoms with Crippen molar-refractivity contribution >= 4 is 38.9 Å². The molecule has 0 aromatic heterocycles. The lowest BCUT2D eigenvalue weighted by molar-refractivity contribution is -0.113. The minimum atomic E-state index is -3.71. The number of nitrogens with one attached hydrogen (secondary N) is 1. The molecule has 8 heteroatoms. The zero-order chi connectivity index (χ0) is 23.1. The molecule has 0 atom stereocenters. The summed E-state index contributed by atoms with van der Waals surface area (Å²) in [5.74, 6) is -1.96. The second-order valence-electron chi connectivity index (χ2n) is 7.40. The van der Waals surface area contributed by atoms with E-state index < -0.39 is 21.5 Å². The van der Waals surface area contributed by atoms with Gasteiger partial charge < -0.3 is 10.2 Å². The summed E-state index contributed by atoms with van der Waals surface area (Å²) in [6, 6.07) is 22.5. The fourth-order valence-corrected chi connectivity index (χ4v) is 4.58. The number of hydrogen-bond donors (Lipinski definition) is 1. The van der Waals surface area contributed by atoms with Crippen LogP contribution >= 0.6 is 11.6 Å². The van der Waals surface area contributed by atoms with Crippen LogP contribution in [0.5, 0.6) is 0 Å². The molecule has 0 bridgehead atoms. The third-order valence-corrected chi connectivity index (χ3v) is 6.42. The lowest BCUT2D eigenvalue weighted by Crippen LogP contribution is -2.29. The number of benzene rings is 3. The molecule has 0 aliphatic carbocycles. The van der Waals surface area contributed by atoms with Crippen molar-refractivity contribution in [2.24, 2.45) is 0 Å². The standard InChI is InChI=1S/C24H23ClN2O4S/c1-27(15-18-7-3-2-4-8-18)24(29)21-9-5-6-10-22(21)26-23(28)17-32(30,31)16-19-11-13-20(25)14-12-19/h2-14H,15-17H2,1H3,(H,26,28). The SMILES string of the molecule is CN(Cc1ccccc1)C(=O)c1ccccc1NC(=O)CS(=O)(=O)Cc1ccc(Cl)cc1. The molecule has 0 spiro atoms. The van der Waals surface area contributed by atoms with Gasteiger partial charge in [-0.25, -0.2) is 8.42 Å². The molecule has 0 radical (unpaired) electrons. The zero-order valence-electron chi connectivity index (χ0n) is 17.5. The maximum atomic E-state index is 13.0. The van der Waals surface area contributed by atoms with Crippen molar-refractivity contribution in [3.63, 3.8) is 0 Å². The van der Waals surface area contributed by atoms with Crippen LogP contribution < -0.4 is 5.32 Å². The van der Waals surface area contributed by atoms with Gasteiger partial charge in [0, 0.05) is 18.6 Å². The zero-order valence-corrected chi connectivity index (χ0v) is 19.1. The minimum Gasteiger partial charge on any atom is -0.337 e. The number of carbonyl (C=O) groups is 2. The Morgan fingerprint density at radius 3 is 2.19 bits per heavy atom. The number of hydrogen-bond acceptors (Lipinski definition) is 4. The predicted octanol–water partition coefficient (Wildman–Crippen LogP) is 4.17. The second kappa shape index (κ2) is 10.4. The molecule has 3 aromatic rings. The van der Waals surface area contributed by atoms with E-state index in [1.54, 1.807) is 55.6 Å². The molecule has 6 nitrogen and oxygen atoms in total. The van der Waals surface area contributed by atoms with Crippen LogP contribution in [-0.4, -0.2) is 37.9 Å². The van der Waals surface area contributed by atoms with Gasteiger partial charge in [-0.3, -0.25) is 9.59 Å². The van der Waals surface area contributed by atoms with Crippen molar-refractivity contribution in [2.45, 2.75) is 12.3 Å². The van der Waals surface area contributed by atoms with Gasteiger partial charge in [0.25, 0.3) is 5.91 Å². The van der Waals surface area contributed by atoms with Gasteiger partial charge in [-0.05, 0) is 35.4 Å². The van der Waals surface area contributed by atoms with E-state index in [0.29, 0.717) is 17.1 Å². The smallest absolute Gasteiger partial charge is 0.256 e. The molecule has 0 saturated carbocycles.